The Labute approximate surface area is 205 Å². The summed E-state index contributed by atoms with van der Waals surface area (Å²) in [5, 5.41) is 14.1. The monoisotopic (exact) mass is 495 g/mol. The zero-order valence-electron chi connectivity index (χ0n) is 20.2. The van der Waals surface area contributed by atoms with Gasteiger partial charge in [-0.05, 0) is 30.5 Å². The van der Waals surface area contributed by atoms with Crippen LogP contribution in [0.5, 0.6) is 23.0 Å². The summed E-state index contributed by atoms with van der Waals surface area (Å²) in [7, 11) is 5.70. The predicted octanol–water partition coefficient (Wildman–Crippen LogP) is 2.64. The fourth-order valence-corrected chi connectivity index (χ4v) is 5.00. The van der Waals surface area contributed by atoms with E-state index in [2.05, 4.69) is 10.3 Å². The SMILES string of the molecule is COC(=O)C1Nc2c(O)cc3c(c2C1=O)CCCN3C(=O)c1cc2cc(OC)c(OC)c(OC)c2[nH]1. The van der Waals surface area contributed by atoms with E-state index < -0.39 is 17.8 Å². The number of hydrogen-bond donors (Lipinski definition) is 3. The standard InChI is InChI=1S/C25H25N3O8/c1-33-16-9-11-8-13(26-18(11)23(35-3)22(16)34-2)24(31)28-7-5-6-12-14(28)10-15(29)19-17(12)21(30)20(27-19)25(32)36-4/h8-10,20,26-27,29H,5-7H2,1-4H3. The molecule has 2 aliphatic rings. The average Bonchev–Trinajstić information content (AvgIpc) is 3.48. The number of Topliss-reactive ketones (excluding diaryl/α,β-unsaturated/α-hetero) is 1. The molecule has 3 N–H and O–H groups in total. The molecule has 0 radical (unpaired) electrons. The number of aromatic amines is 1. The second kappa shape index (κ2) is 8.67. The summed E-state index contributed by atoms with van der Waals surface area (Å²) in [6, 6.07) is 3.63. The molecule has 1 atom stereocenters. The van der Waals surface area contributed by atoms with Crippen LogP contribution in [0.4, 0.5) is 11.4 Å². The number of nitrogens with zero attached hydrogens (tertiary/aromatic N) is 1. The highest BCUT2D eigenvalue weighted by Gasteiger charge is 2.42. The number of H-pyrrole nitrogens is 1. The van der Waals surface area contributed by atoms with Gasteiger partial charge in [0.25, 0.3) is 5.91 Å². The fourth-order valence-electron chi connectivity index (χ4n) is 5.00. The van der Waals surface area contributed by atoms with Crippen LogP contribution in [0.25, 0.3) is 10.9 Å². The number of ketones is 1. The molecule has 1 unspecified atom stereocenters. The Morgan fingerprint density at radius 2 is 1.81 bits per heavy atom. The van der Waals surface area contributed by atoms with Crippen LogP contribution in [0.3, 0.4) is 0 Å². The number of aromatic nitrogens is 1. The van der Waals surface area contributed by atoms with E-state index in [-0.39, 0.29) is 28.6 Å². The van der Waals surface area contributed by atoms with Gasteiger partial charge in [0.1, 0.15) is 11.4 Å². The van der Waals surface area contributed by atoms with E-state index in [1.807, 2.05) is 0 Å². The topological polar surface area (TPSA) is 139 Å². The summed E-state index contributed by atoms with van der Waals surface area (Å²) in [6.45, 7) is 0.380. The van der Waals surface area contributed by atoms with Gasteiger partial charge in [-0.3, -0.25) is 9.59 Å². The van der Waals surface area contributed by atoms with Crippen molar-refractivity contribution >= 4 is 39.9 Å². The van der Waals surface area contributed by atoms with Crippen LogP contribution in [0.15, 0.2) is 18.2 Å². The highest BCUT2D eigenvalue weighted by atomic mass is 16.5. The number of benzene rings is 2. The molecule has 3 heterocycles. The summed E-state index contributed by atoms with van der Waals surface area (Å²) in [5.74, 6) is -0.576. The van der Waals surface area contributed by atoms with Gasteiger partial charge in [0.2, 0.25) is 5.75 Å². The van der Waals surface area contributed by atoms with Crippen molar-refractivity contribution in [2.45, 2.75) is 18.9 Å². The smallest absolute Gasteiger partial charge is 0.336 e. The van der Waals surface area contributed by atoms with Crippen molar-refractivity contribution in [1.82, 2.24) is 4.98 Å². The van der Waals surface area contributed by atoms with Crippen molar-refractivity contribution in [3.8, 4) is 23.0 Å². The minimum absolute atomic E-state index is 0.179. The first-order valence-corrected chi connectivity index (χ1v) is 11.3. The molecule has 0 bridgehead atoms. The molecule has 0 spiro atoms. The number of esters is 1. The van der Waals surface area contributed by atoms with Crippen LogP contribution in [-0.2, 0) is 16.0 Å². The Morgan fingerprint density at radius 3 is 2.47 bits per heavy atom. The Hall–Kier alpha value is -4.41. The Bertz CT molecular complexity index is 1430. The molecule has 188 valence electrons. The number of anilines is 2. The van der Waals surface area contributed by atoms with E-state index in [9.17, 15) is 19.5 Å². The van der Waals surface area contributed by atoms with Crippen LogP contribution >= 0.6 is 0 Å². The van der Waals surface area contributed by atoms with Crippen molar-refractivity contribution in [3.63, 3.8) is 0 Å². The first kappa shape index (κ1) is 23.3. The number of carbonyl (C=O) groups is 3. The third-order valence-corrected chi connectivity index (χ3v) is 6.62. The number of phenolic OH excluding ortho intramolecular Hbond substituents is 1. The lowest BCUT2D eigenvalue weighted by Gasteiger charge is -2.30. The van der Waals surface area contributed by atoms with Gasteiger partial charge in [0, 0.05) is 18.0 Å². The van der Waals surface area contributed by atoms with Gasteiger partial charge in [-0.1, -0.05) is 0 Å². The lowest BCUT2D eigenvalue weighted by atomic mass is 9.92. The van der Waals surface area contributed by atoms with E-state index in [1.165, 1.54) is 39.4 Å². The summed E-state index contributed by atoms with van der Waals surface area (Å²) in [6.07, 6.45) is 1.11. The number of nitrogens with one attached hydrogen (secondary N) is 2. The molecule has 1 amide bonds. The van der Waals surface area contributed by atoms with Gasteiger partial charge in [0.05, 0.1) is 50.9 Å². The molecule has 0 aliphatic carbocycles. The third kappa shape index (κ3) is 3.30. The lowest BCUT2D eigenvalue weighted by molar-refractivity contribution is -0.140. The van der Waals surface area contributed by atoms with E-state index in [4.69, 9.17) is 18.9 Å². The molecular weight excluding hydrogens is 470 g/mol. The van der Waals surface area contributed by atoms with Crippen molar-refractivity contribution in [1.29, 1.82) is 0 Å². The van der Waals surface area contributed by atoms with E-state index >= 15 is 0 Å². The van der Waals surface area contributed by atoms with Crippen molar-refractivity contribution in [2.75, 3.05) is 45.2 Å². The highest BCUT2D eigenvalue weighted by molar-refractivity contribution is 6.23. The molecule has 2 aromatic carbocycles. The number of fused-ring (bicyclic) bond motifs is 4. The lowest BCUT2D eigenvalue weighted by Crippen LogP contribution is -2.36. The van der Waals surface area contributed by atoms with E-state index in [1.54, 1.807) is 12.1 Å². The summed E-state index contributed by atoms with van der Waals surface area (Å²) >= 11 is 0. The molecule has 1 aromatic heterocycles. The molecular formula is C25H25N3O8. The minimum atomic E-state index is -1.24. The number of amides is 1. The molecule has 0 saturated carbocycles. The minimum Gasteiger partial charge on any atom is -0.506 e. The van der Waals surface area contributed by atoms with Crippen molar-refractivity contribution in [2.24, 2.45) is 0 Å². The van der Waals surface area contributed by atoms with Crippen molar-refractivity contribution < 1.29 is 38.4 Å². The first-order valence-electron chi connectivity index (χ1n) is 11.3. The molecule has 3 aromatic rings. The van der Waals surface area contributed by atoms with Crippen LogP contribution in [0.2, 0.25) is 0 Å². The highest BCUT2D eigenvalue weighted by Crippen LogP contribution is 2.46. The quantitative estimate of drug-likeness (QED) is 0.277. The van der Waals surface area contributed by atoms with Crippen LogP contribution in [0, 0.1) is 0 Å². The van der Waals surface area contributed by atoms with Crippen LogP contribution < -0.4 is 24.4 Å². The Balaban J connectivity index is 1.58. The molecule has 11 heteroatoms. The number of methoxy groups -OCH3 is 4. The van der Waals surface area contributed by atoms with E-state index in [0.717, 1.165) is 0 Å². The number of ether oxygens (including phenoxy) is 4. The second-order valence-electron chi connectivity index (χ2n) is 8.46. The number of phenols is 1. The zero-order chi connectivity index (χ0) is 25.7. The number of rotatable bonds is 5. The second-order valence-corrected chi connectivity index (χ2v) is 8.46. The molecule has 2 aliphatic heterocycles. The average molecular weight is 495 g/mol. The Kier molecular flexibility index (Phi) is 5.62. The fraction of sp³-hybridized carbons (Fsp3) is 0.320. The maximum absolute atomic E-state index is 13.7. The number of carbonyl (C=O) groups excluding carboxylic acids is 3. The van der Waals surface area contributed by atoms with E-state index in [0.29, 0.717) is 58.8 Å². The molecule has 5 rings (SSSR count). The van der Waals surface area contributed by atoms with Crippen LogP contribution in [-0.4, -0.2) is 68.8 Å². The van der Waals surface area contributed by atoms with Crippen LogP contribution in [0.1, 0.15) is 32.8 Å². The third-order valence-electron chi connectivity index (χ3n) is 6.62. The van der Waals surface area contributed by atoms with Gasteiger partial charge in [0.15, 0.2) is 23.3 Å². The summed E-state index contributed by atoms with van der Waals surface area (Å²) < 4.78 is 21.1. The summed E-state index contributed by atoms with van der Waals surface area (Å²) in [4.78, 5) is 43.5. The normalized spacial score (nSPS) is 16.3. The zero-order valence-corrected chi connectivity index (χ0v) is 20.2. The number of aromatic hydroxyl groups is 1. The Morgan fingerprint density at radius 1 is 1.06 bits per heavy atom. The predicted molar refractivity (Wildman–Crippen MR) is 130 cm³/mol. The maximum Gasteiger partial charge on any atom is 0.336 e. The molecule has 0 saturated heterocycles. The first-order chi connectivity index (χ1) is 17.3. The van der Waals surface area contributed by atoms with Gasteiger partial charge in [-0.15, -0.1) is 0 Å². The molecule has 11 nitrogen and oxygen atoms in total. The summed E-state index contributed by atoms with van der Waals surface area (Å²) in [5.41, 5.74) is 2.26. The van der Waals surface area contributed by atoms with Gasteiger partial charge in [-0.25, -0.2) is 4.79 Å². The molecule has 36 heavy (non-hydrogen) atoms. The molecule has 0 fully saturated rings. The van der Waals surface area contributed by atoms with Gasteiger partial charge >= 0.3 is 5.97 Å². The number of hydrogen-bond acceptors (Lipinski definition) is 9. The maximum atomic E-state index is 13.7. The largest absolute Gasteiger partial charge is 0.506 e. The van der Waals surface area contributed by atoms with Gasteiger partial charge < -0.3 is 39.3 Å². The van der Waals surface area contributed by atoms with Crippen molar-refractivity contribution in [3.05, 3.63) is 35.0 Å². The van der Waals surface area contributed by atoms with Gasteiger partial charge in [-0.2, -0.15) is 0 Å².